The Morgan fingerprint density at radius 3 is 2.52 bits per heavy atom. The van der Waals surface area contributed by atoms with Gasteiger partial charge < -0.3 is 4.42 Å². The van der Waals surface area contributed by atoms with Gasteiger partial charge in [0.25, 0.3) is 0 Å². The van der Waals surface area contributed by atoms with E-state index in [1.807, 2.05) is 30.3 Å². The Bertz CT molecular complexity index is 952. The molecule has 0 saturated carbocycles. The van der Waals surface area contributed by atoms with Crippen LogP contribution in [0.5, 0.6) is 0 Å². The molecule has 4 aromatic rings. The summed E-state index contributed by atoms with van der Waals surface area (Å²) in [7, 11) is 0. The first-order valence-electron chi connectivity index (χ1n) is 8.47. The lowest BCUT2D eigenvalue weighted by atomic mass is 10.1. The van der Waals surface area contributed by atoms with E-state index in [2.05, 4.69) is 64.0 Å². The summed E-state index contributed by atoms with van der Waals surface area (Å²) in [5.41, 5.74) is 3.27. The number of hydrogen-bond acceptors (Lipinski definition) is 2. The molecule has 2 heterocycles. The molecule has 0 fully saturated rings. The predicted molar refractivity (Wildman–Crippen MR) is 96.8 cm³/mol. The van der Waals surface area contributed by atoms with E-state index < -0.39 is 0 Å². The molecule has 0 atom stereocenters. The largest absolute Gasteiger partial charge is 0.436 e. The van der Waals surface area contributed by atoms with Gasteiger partial charge in [-0.3, -0.25) is 0 Å². The average molecular weight is 330 g/mol. The van der Waals surface area contributed by atoms with Crippen molar-refractivity contribution in [3.05, 3.63) is 85.1 Å². The number of imidazole rings is 1. The Balaban J connectivity index is 1.51. The lowest BCUT2D eigenvalue weighted by Crippen LogP contribution is -2.31. The smallest absolute Gasteiger partial charge is 0.244 e. The number of nitrogens with zero attached hydrogens (tertiary/aromatic N) is 3. The quantitative estimate of drug-likeness (QED) is 0.515. The van der Waals surface area contributed by atoms with Crippen LogP contribution in [0.2, 0.25) is 0 Å². The first-order chi connectivity index (χ1) is 12.3. The van der Waals surface area contributed by atoms with Crippen LogP contribution in [0.15, 0.2) is 83.9 Å². The zero-order valence-corrected chi connectivity index (χ0v) is 14.2. The summed E-state index contributed by atoms with van der Waals surface area (Å²) >= 11 is 0. The minimum Gasteiger partial charge on any atom is -0.436 e. The van der Waals surface area contributed by atoms with Crippen LogP contribution in [0.3, 0.4) is 0 Å². The van der Waals surface area contributed by atoms with E-state index in [1.165, 1.54) is 5.56 Å². The topological polar surface area (TPSA) is 34.8 Å². The minimum atomic E-state index is 0.648. The molecule has 0 spiro atoms. The number of oxazole rings is 1. The van der Waals surface area contributed by atoms with Crippen LogP contribution in [0, 0.1) is 0 Å². The van der Waals surface area contributed by atoms with E-state index in [0.717, 1.165) is 30.0 Å². The highest BCUT2D eigenvalue weighted by Crippen LogP contribution is 2.25. The zero-order chi connectivity index (χ0) is 17.1. The molecular formula is C21H20N3O+. The van der Waals surface area contributed by atoms with Crippen molar-refractivity contribution in [1.82, 2.24) is 9.55 Å². The highest BCUT2D eigenvalue weighted by Gasteiger charge is 2.09. The molecule has 0 unspecified atom stereocenters. The summed E-state index contributed by atoms with van der Waals surface area (Å²) in [6, 6.07) is 18.4. The Labute approximate surface area is 147 Å². The lowest BCUT2D eigenvalue weighted by molar-refractivity contribution is -0.687. The van der Waals surface area contributed by atoms with Gasteiger partial charge in [-0.2, -0.15) is 0 Å². The first-order valence-corrected chi connectivity index (χ1v) is 8.47. The van der Waals surface area contributed by atoms with Gasteiger partial charge in [0, 0.05) is 11.1 Å². The zero-order valence-electron chi connectivity index (χ0n) is 14.2. The fourth-order valence-corrected chi connectivity index (χ4v) is 2.83. The normalized spacial score (nSPS) is 10.9. The molecule has 4 rings (SSSR count). The molecule has 0 N–H and O–H groups in total. The minimum absolute atomic E-state index is 0.648. The third-order valence-corrected chi connectivity index (χ3v) is 4.24. The van der Waals surface area contributed by atoms with Crippen molar-refractivity contribution in [1.29, 1.82) is 0 Å². The second-order valence-electron chi connectivity index (χ2n) is 6.01. The Morgan fingerprint density at radius 2 is 1.80 bits per heavy atom. The third kappa shape index (κ3) is 3.38. The van der Waals surface area contributed by atoms with Crippen LogP contribution in [-0.2, 0) is 13.1 Å². The molecule has 0 aliphatic carbocycles. The molecule has 2 aromatic heterocycles. The van der Waals surface area contributed by atoms with Crippen molar-refractivity contribution in [3.63, 3.8) is 0 Å². The van der Waals surface area contributed by atoms with E-state index >= 15 is 0 Å². The summed E-state index contributed by atoms with van der Waals surface area (Å²) < 4.78 is 10.2. The van der Waals surface area contributed by atoms with Crippen molar-refractivity contribution in [2.45, 2.75) is 20.0 Å². The fourth-order valence-electron chi connectivity index (χ4n) is 2.83. The Morgan fingerprint density at radius 1 is 1.00 bits per heavy atom. The summed E-state index contributed by atoms with van der Waals surface area (Å²) in [6.45, 7) is 3.98. The van der Waals surface area contributed by atoms with E-state index in [9.17, 15) is 0 Å². The van der Waals surface area contributed by atoms with Crippen molar-refractivity contribution in [2.24, 2.45) is 0 Å². The van der Waals surface area contributed by atoms with E-state index in [4.69, 9.17) is 4.42 Å². The number of aromatic nitrogens is 3. The van der Waals surface area contributed by atoms with Crippen LogP contribution in [0.25, 0.3) is 22.8 Å². The number of benzene rings is 2. The molecule has 124 valence electrons. The van der Waals surface area contributed by atoms with Gasteiger partial charge in [-0.15, -0.1) is 0 Å². The highest BCUT2D eigenvalue weighted by atomic mass is 16.4. The van der Waals surface area contributed by atoms with E-state index in [0.29, 0.717) is 5.89 Å². The van der Waals surface area contributed by atoms with Gasteiger partial charge in [0.1, 0.15) is 18.9 Å². The highest BCUT2D eigenvalue weighted by molar-refractivity contribution is 5.61. The summed E-state index contributed by atoms with van der Waals surface area (Å²) in [5, 5.41) is 0. The second kappa shape index (κ2) is 6.77. The molecule has 0 bridgehead atoms. The van der Waals surface area contributed by atoms with Gasteiger partial charge in [-0.1, -0.05) is 42.5 Å². The van der Waals surface area contributed by atoms with Crippen molar-refractivity contribution >= 4 is 0 Å². The molecule has 0 radical (unpaired) electrons. The number of rotatable bonds is 5. The van der Waals surface area contributed by atoms with Gasteiger partial charge in [0.15, 0.2) is 5.76 Å². The molecular weight excluding hydrogens is 310 g/mol. The first kappa shape index (κ1) is 15.4. The van der Waals surface area contributed by atoms with Crippen LogP contribution < -0.4 is 4.57 Å². The Kier molecular flexibility index (Phi) is 4.17. The van der Waals surface area contributed by atoms with Gasteiger partial charge in [-0.25, -0.2) is 14.1 Å². The molecule has 4 nitrogen and oxygen atoms in total. The number of hydrogen-bond donors (Lipinski definition) is 0. The second-order valence-corrected chi connectivity index (χ2v) is 6.01. The predicted octanol–water partition coefficient (Wildman–Crippen LogP) is 4.17. The lowest BCUT2D eigenvalue weighted by Gasteiger charge is -2.00. The van der Waals surface area contributed by atoms with Crippen LogP contribution in [0.4, 0.5) is 0 Å². The van der Waals surface area contributed by atoms with Crippen LogP contribution in [-0.4, -0.2) is 9.55 Å². The number of aryl methyl sites for hydroxylation is 1. The monoisotopic (exact) mass is 330 g/mol. The molecule has 0 aliphatic rings. The average Bonchev–Trinajstić information content (AvgIpc) is 3.33. The molecule has 4 heteroatoms. The van der Waals surface area contributed by atoms with Crippen LogP contribution >= 0.6 is 0 Å². The summed E-state index contributed by atoms with van der Waals surface area (Å²) in [4.78, 5) is 4.42. The maximum absolute atomic E-state index is 5.91. The Hall–Kier alpha value is -3.14. The maximum Gasteiger partial charge on any atom is 0.244 e. The third-order valence-electron chi connectivity index (χ3n) is 4.24. The van der Waals surface area contributed by atoms with E-state index in [-0.39, 0.29) is 0 Å². The van der Waals surface area contributed by atoms with Gasteiger partial charge >= 0.3 is 0 Å². The van der Waals surface area contributed by atoms with Crippen molar-refractivity contribution in [2.75, 3.05) is 0 Å². The fraction of sp³-hybridized carbons (Fsp3) is 0.143. The SMILES string of the molecule is CCn1cc[n+](Cc2ccc(-c3ncc(-c4ccccc4)o3)cc2)c1. The summed E-state index contributed by atoms with van der Waals surface area (Å²) in [5.74, 6) is 1.44. The van der Waals surface area contributed by atoms with Crippen LogP contribution in [0.1, 0.15) is 12.5 Å². The van der Waals surface area contributed by atoms with Crippen molar-refractivity contribution < 1.29 is 8.98 Å². The molecule has 0 amide bonds. The van der Waals surface area contributed by atoms with Crippen molar-refractivity contribution in [3.8, 4) is 22.8 Å². The molecule has 0 aliphatic heterocycles. The summed E-state index contributed by atoms with van der Waals surface area (Å²) in [6.07, 6.45) is 8.08. The van der Waals surface area contributed by atoms with Gasteiger partial charge in [-0.05, 0) is 24.6 Å². The van der Waals surface area contributed by atoms with Gasteiger partial charge in [0.05, 0.1) is 12.7 Å². The van der Waals surface area contributed by atoms with Gasteiger partial charge in [0.2, 0.25) is 12.2 Å². The molecule has 0 saturated heterocycles. The standard InChI is InChI=1S/C21H20N3O/c1-2-23-12-13-24(16-23)15-17-8-10-19(11-9-17)21-22-14-20(25-21)18-6-4-3-5-7-18/h3-14,16H,2,15H2,1H3/q+1. The maximum atomic E-state index is 5.91. The molecule has 25 heavy (non-hydrogen) atoms. The van der Waals surface area contributed by atoms with E-state index in [1.54, 1.807) is 6.20 Å². The molecule has 2 aromatic carbocycles.